The molecule has 0 aliphatic heterocycles. The number of hydrogen-bond acceptors (Lipinski definition) is 4. The van der Waals surface area contributed by atoms with Gasteiger partial charge in [0.15, 0.2) is 5.75 Å². The zero-order chi connectivity index (χ0) is 14.5. The number of halogens is 1. The maximum atomic E-state index is 11.8. The summed E-state index contributed by atoms with van der Waals surface area (Å²) >= 11 is 3.33. The van der Waals surface area contributed by atoms with Crippen LogP contribution in [-0.4, -0.2) is 26.7 Å². The highest BCUT2D eigenvalue weighted by Gasteiger charge is 2.18. The van der Waals surface area contributed by atoms with Crippen LogP contribution in [0.15, 0.2) is 22.7 Å². The van der Waals surface area contributed by atoms with Gasteiger partial charge in [-0.3, -0.25) is 9.52 Å². The van der Waals surface area contributed by atoms with Crippen LogP contribution in [0.2, 0.25) is 0 Å². The van der Waals surface area contributed by atoms with Gasteiger partial charge in [0.2, 0.25) is 10.0 Å². The first kappa shape index (κ1) is 16.0. The van der Waals surface area contributed by atoms with Crippen LogP contribution in [0.1, 0.15) is 19.4 Å². The summed E-state index contributed by atoms with van der Waals surface area (Å²) in [6, 6.07) is 5.23. The van der Waals surface area contributed by atoms with Gasteiger partial charge in [-0.2, -0.15) is 0 Å². The Morgan fingerprint density at radius 1 is 1.37 bits per heavy atom. The zero-order valence-electron chi connectivity index (χ0n) is 10.8. The molecule has 0 aliphatic carbocycles. The Balaban J connectivity index is 2.86. The molecule has 0 saturated heterocycles. The topological polar surface area (TPSA) is 72.5 Å². The van der Waals surface area contributed by atoms with Crippen molar-refractivity contribution < 1.29 is 17.9 Å². The van der Waals surface area contributed by atoms with E-state index in [1.807, 2.05) is 13.0 Å². The number of hydrogen-bond donors (Lipinski definition) is 1. The van der Waals surface area contributed by atoms with Gasteiger partial charge in [0.1, 0.15) is 0 Å². The molecule has 19 heavy (non-hydrogen) atoms. The summed E-state index contributed by atoms with van der Waals surface area (Å²) in [5.74, 6) is -1.44. The third-order valence-corrected chi connectivity index (χ3v) is 3.97. The average Bonchev–Trinajstić information content (AvgIpc) is 2.30. The predicted molar refractivity (Wildman–Crippen MR) is 77.6 cm³/mol. The number of aryl methyl sites for hydroxylation is 1. The van der Waals surface area contributed by atoms with E-state index < -0.39 is 21.7 Å². The lowest BCUT2D eigenvalue weighted by atomic mass is 10.1. The third kappa shape index (κ3) is 5.20. The van der Waals surface area contributed by atoms with Crippen molar-refractivity contribution in [3.8, 4) is 0 Å². The molecule has 1 aromatic rings. The van der Waals surface area contributed by atoms with E-state index in [0.29, 0.717) is 12.1 Å². The molecule has 0 radical (unpaired) electrons. The van der Waals surface area contributed by atoms with E-state index >= 15 is 0 Å². The first-order chi connectivity index (χ1) is 8.88. The standard InChI is InChI=1S/C12H16BrNO4S/c1-3-9-7-10(13)5-6-11(9)14-19(16,17)8-12(15)18-4-2/h5-7,14H,3-4,8H2,1-2H3. The van der Waals surface area contributed by atoms with Crippen LogP contribution in [0, 0.1) is 0 Å². The lowest BCUT2D eigenvalue weighted by Gasteiger charge is -2.11. The molecule has 1 aromatic carbocycles. The Labute approximate surface area is 121 Å². The number of carbonyl (C=O) groups is 1. The van der Waals surface area contributed by atoms with Crippen LogP contribution in [0.4, 0.5) is 5.69 Å². The smallest absolute Gasteiger partial charge is 0.323 e. The number of anilines is 1. The molecule has 0 aromatic heterocycles. The number of rotatable bonds is 6. The number of carbonyl (C=O) groups excluding carboxylic acids is 1. The minimum absolute atomic E-state index is 0.160. The van der Waals surface area contributed by atoms with E-state index in [0.717, 1.165) is 10.0 Å². The molecule has 5 nitrogen and oxygen atoms in total. The van der Waals surface area contributed by atoms with Crippen LogP contribution in [-0.2, 0) is 26.0 Å². The van der Waals surface area contributed by atoms with E-state index in [2.05, 4.69) is 25.4 Å². The maximum Gasteiger partial charge on any atom is 0.323 e. The molecular weight excluding hydrogens is 334 g/mol. The van der Waals surface area contributed by atoms with Crippen molar-refractivity contribution >= 4 is 37.6 Å². The molecule has 0 fully saturated rings. The molecule has 0 spiro atoms. The fourth-order valence-corrected chi connectivity index (χ4v) is 2.92. The average molecular weight is 350 g/mol. The quantitative estimate of drug-likeness (QED) is 0.800. The minimum Gasteiger partial charge on any atom is -0.465 e. The Bertz CT molecular complexity index is 557. The fraction of sp³-hybridized carbons (Fsp3) is 0.417. The Morgan fingerprint density at radius 3 is 2.63 bits per heavy atom. The van der Waals surface area contributed by atoms with E-state index in [1.54, 1.807) is 19.1 Å². The number of ether oxygens (including phenoxy) is 1. The van der Waals surface area contributed by atoms with Gasteiger partial charge >= 0.3 is 5.97 Å². The van der Waals surface area contributed by atoms with Crippen molar-refractivity contribution in [2.24, 2.45) is 0 Å². The molecule has 1 rings (SSSR count). The Hall–Kier alpha value is -1.08. The van der Waals surface area contributed by atoms with Crippen molar-refractivity contribution in [2.45, 2.75) is 20.3 Å². The molecular formula is C12H16BrNO4S. The second-order valence-corrected chi connectivity index (χ2v) is 6.46. The summed E-state index contributed by atoms with van der Waals surface area (Å²) in [6.07, 6.45) is 0.677. The van der Waals surface area contributed by atoms with Gasteiger partial charge in [0.25, 0.3) is 0 Å². The van der Waals surface area contributed by atoms with Crippen molar-refractivity contribution in [2.75, 3.05) is 17.1 Å². The van der Waals surface area contributed by atoms with Crippen LogP contribution in [0.25, 0.3) is 0 Å². The minimum atomic E-state index is -3.74. The van der Waals surface area contributed by atoms with Crippen LogP contribution >= 0.6 is 15.9 Å². The van der Waals surface area contributed by atoms with Crippen LogP contribution < -0.4 is 4.72 Å². The number of sulfonamides is 1. The second-order valence-electron chi connectivity index (χ2n) is 3.82. The van der Waals surface area contributed by atoms with Gasteiger partial charge in [-0.25, -0.2) is 8.42 Å². The predicted octanol–water partition coefficient (Wildman–Crippen LogP) is 2.32. The number of benzene rings is 1. The molecule has 1 N–H and O–H groups in total. The van der Waals surface area contributed by atoms with E-state index in [1.165, 1.54) is 0 Å². The normalized spacial score (nSPS) is 11.1. The summed E-state index contributed by atoms with van der Waals surface area (Å²) in [5.41, 5.74) is 1.33. The van der Waals surface area contributed by atoms with Gasteiger partial charge in [-0.05, 0) is 37.1 Å². The fourth-order valence-electron chi connectivity index (χ4n) is 1.52. The summed E-state index contributed by atoms with van der Waals surface area (Å²) in [5, 5.41) is 0. The van der Waals surface area contributed by atoms with Gasteiger partial charge in [-0.15, -0.1) is 0 Å². The summed E-state index contributed by atoms with van der Waals surface area (Å²) in [6.45, 7) is 3.71. The summed E-state index contributed by atoms with van der Waals surface area (Å²) in [7, 11) is -3.74. The SMILES string of the molecule is CCOC(=O)CS(=O)(=O)Nc1ccc(Br)cc1CC. The lowest BCUT2D eigenvalue weighted by Crippen LogP contribution is -2.24. The first-order valence-corrected chi connectivity index (χ1v) is 8.27. The highest BCUT2D eigenvalue weighted by Crippen LogP contribution is 2.22. The van der Waals surface area contributed by atoms with Gasteiger partial charge in [-0.1, -0.05) is 22.9 Å². The Morgan fingerprint density at radius 2 is 2.05 bits per heavy atom. The van der Waals surface area contributed by atoms with Crippen molar-refractivity contribution in [1.29, 1.82) is 0 Å². The molecule has 0 amide bonds. The van der Waals surface area contributed by atoms with E-state index in [9.17, 15) is 13.2 Å². The molecule has 0 aliphatic rings. The molecule has 0 atom stereocenters. The monoisotopic (exact) mass is 349 g/mol. The molecule has 0 heterocycles. The van der Waals surface area contributed by atoms with E-state index in [4.69, 9.17) is 0 Å². The molecule has 106 valence electrons. The van der Waals surface area contributed by atoms with Crippen LogP contribution in [0.3, 0.4) is 0 Å². The van der Waals surface area contributed by atoms with Crippen LogP contribution in [0.5, 0.6) is 0 Å². The summed E-state index contributed by atoms with van der Waals surface area (Å²) < 4.78 is 31.5. The number of esters is 1. The highest BCUT2D eigenvalue weighted by atomic mass is 79.9. The third-order valence-electron chi connectivity index (χ3n) is 2.33. The largest absolute Gasteiger partial charge is 0.465 e. The van der Waals surface area contributed by atoms with Gasteiger partial charge in [0.05, 0.1) is 12.3 Å². The molecule has 0 saturated carbocycles. The maximum absolute atomic E-state index is 11.8. The lowest BCUT2D eigenvalue weighted by molar-refractivity contribution is -0.139. The highest BCUT2D eigenvalue weighted by molar-refractivity contribution is 9.10. The molecule has 7 heteroatoms. The van der Waals surface area contributed by atoms with Crippen molar-refractivity contribution in [1.82, 2.24) is 0 Å². The molecule has 0 unspecified atom stereocenters. The Kier molecular flexibility index (Phi) is 5.81. The van der Waals surface area contributed by atoms with Gasteiger partial charge in [0, 0.05) is 4.47 Å². The second kappa shape index (κ2) is 6.91. The van der Waals surface area contributed by atoms with Gasteiger partial charge < -0.3 is 4.74 Å². The van der Waals surface area contributed by atoms with Crippen molar-refractivity contribution in [3.05, 3.63) is 28.2 Å². The molecule has 0 bridgehead atoms. The summed E-state index contributed by atoms with van der Waals surface area (Å²) in [4.78, 5) is 11.2. The van der Waals surface area contributed by atoms with E-state index in [-0.39, 0.29) is 6.61 Å². The first-order valence-electron chi connectivity index (χ1n) is 5.82. The van der Waals surface area contributed by atoms with Crippen molar-refractivity contribution in [3.63, 3.8) is 0 Å². The number of nitrogens with one attached hydrogen (secondary N) is 1. The zero-order valence-corrected chi connectivity index (χ0v) is 13.2.